The van der Waals surface area contributed by atoms with E-state index in [4.69, 9.17) is 16.3 Å². The molecule has 7 heteroatoms. The topological polar surface area (TPSA) is 67.2 Å². The normalized spacial score (nSPS) is 12.0. The van der Waals surface area contributed by atoms with Crippen LogP contribution in [0, 0.1) is 11.3 Å². The maximum Gasteiger partial charge on any atom is 0.218 e. The van der Waals surface area contributed by atoms with Gasteiger partial charge in [-0.25, -0.2) is 8.42 Å². The Kier molecular flexibility index (Phi) is 4.68. The number of nitriles is 1. The summed E-state index contributed by atoms with van der Waals surface area (Å²) in [6.45, 7) is 0. The number of thiophene rings is 1. The van der Waals surface area contributed by atoms with E-state index >= 15 is 0 Å². The van der Waals surface area contributed by atoms with Crippen LogP contribution in [0.4, 0.5) is 0 Å². The van der Waals surface area contributed by atoms with Crippen LogP contribution in [0.15, 0.2) is 46.2 Å². The van der Waals surface area contributed by atoms with Gasteiger partial charge in [0.05, 0.1) is 17.0 Å². The lowest BCUT2D eigenvalue weighted by atomic mass is 10.4. The fraction of sp³-hybridized carbons (Fsp3) is 0.0714. The number of ether oxygens (including phenoxy) is 1. The number of hydrogen-bond acceptors (Lipinski definition) is 5. The average molecular weight is 340 g/mol. The van der Waals surface area contributed by atoms with E-state index in [1.54, 1.807) is 30.3 Å². The van der Waals surface area contributed by atoms with Gasteiger partial charge in [-0.15, -0.1) is 0 Å². The summed E-state index contributed by atoms with van der Waals surface area (Å²) in [7, 11) is -2.42. The number of methoxy groups -OCH3 is 1. The van der Waals surface area contributed by atoms with Gasteiger partial charge in [-0.05, 0) is 30.3 Å². The van der Waals surface area contributed by atoms with Gasteiger partial charge in [0.25, 0.3) is 0 Å². The summed E-state index contributed by atoms with van der Waals surface area (Å²) < 4.78 is 30.0. The standard InChI is InChI=1S/C14H10ClNO3S2/c1-19-14-7-6-10(20-14)8-11(9-16)21(17,18)13-5-3-2-4-12(13)15/h2-8H,1H3/b11-8+. The lowest BCUT2D eigenvalue weighted by Crippen LogP contribution is -2.04. The number of sulfone groups is 1. The molecule has 108 valence electrons. The molecule has 0 aliphatic carbocycles. The van der Waals surface area contributed by atoms with Crippen molar-refractivity contribution in [2.24, 2.45) is 0 Å². The number of halogens is 1. The van der Waals surface area contributed by atoms with Crippen molar-refractivity contribution < 1.29 is 13.2 Å². The zero-order valence-electron chi connectivity index (χ0n) is 10.9. The molecule has 0 aliphatic rings. The number of hydrogen-bond donors (Lipinski definition) is 0. The molecule has 0 N–H and O–H groups in total. The van der Waals surface area contributed by atoms with Crippen LogP contribution < -0.4 is 4.74 Å². The van der Waals surface area contributed by atoms with E-state index in [1.807, 2.05) is 0 Å². The molecule has 21 heavy (non-hydrogen) atoms. The monoisotopic (exact) mass is 339 g/mol. The van der Waals surface area contributed by atoms with E-state index in [0.29, 0.717) is 9.94 Å². The second-order valence-corrected chi connectivity index (χ2v) is 7.29. The molecule has 1 aromatic carbocycles. The zero-order valence-corrected chi connectivity index (χ0v) is 13.3. The minimum absolute atomic E-state index is 0.0806. The van der Waals surface area contributed by atoms with Crippen LogP contribution in [-0.2, 0) is 9.84 Å². The van der Waals surface area contributed by atoms with Crippen molar-refractivity contribution in [2.75, 3.05) is 7.11 Å². The van der Waals surface area contributed by atoms with E-state index < -0.39 is 9.84 Å². The number of nitrogens with zero attached hydrogens (tertiary/aromatic N) is 1. The molecule has 2 aromatic rings. The van der Waals surface area contributed by atoms with Crippen molar-refractivity contribution in [1.29, 1.82) is 5.26 Å². The SMILES string of the molecule is COc1ccc(/C=C(\C#N)S(=O)(=O)c2ccccc2Cl)s1. The van der Waals surface area contributed by atoms with Gasteiger partial charge >= 0.3 is 0 Å². The van der Waals surface area contributed by atoms with Gasteiger partial charge in [0, 0.05) is 4.88 Å². The molecule has 0 bridgehead atoms. The summed E-state index contributed by atoms with van der Waals surface area (Å²) in [5.41, 5.74) is 0. The molecule has 0 fully saturated rings. The second-order valence-electron chi connectivity index (χ2n) is 3.92. The van der Waals surface area contributed by atoms with Crippen LogP contribution in [0.5, 0.6) is 5.06 Å². The van der Waals surface area contributed by atoms with Gasteiger partial charge in [-0.2, -0.15) is 5.26 Å². The third kappa shape index (κ3) is 3.27. The van der Waals surface area contributed by atoms with Crippen LogP contribution >= 0.6 is 22.9 Å². The fourth-order valence-corrected chi connectivity index (χ4v) is 4.10. The van der Waals surface area contributed by atoms with Gasteiger partial charge in [0.2, 0.25) is 9.84 Å². The van der Waals surface area contributed by atoms with E-state index in [-0.39, 0.29) is 14.8 Å². The summed E-state index contributed by atoms with van der Waals surface area (Å²) in [5, 5.41) is 9.89. The molecule has 0 saturated heterocycles. The summed E-state index contributed by atoms with van der Waals surface area (Å²) in [6.07, 6.45) is 1.31. The predicted molar refractivity (Wildman–Crippen MR) is 83.1 cm³/mol. The molecule has 0 atom stereocenters. The molecule has 0 amide bonds. The molecule has 0 unspecified atom stereocenters. The highest BCUT2D eigenvalue weighted by Gasteiger charge is 2.23. The summed E-state index contributed by atoms with van der Waals surface area (Å²) in [4.78, 5) is 0.169. The van der Waals surface area contributed by atoms with Crippen molar-refractivity contribution in [3.63, 3.8) is 0 Å². The molecule has 0 saturated carbocycles. The average Bonchev–Trinajstić information content (AvgIpc) is 2.92. The van der Waals surface area contributed by atoms with E-state index in [2.05, 4.69) is 0 Å². The zero-order chi connectivity index (χ0) is 15.5. The highest BCUT2D eigenvalue weighted by molar-refractivity contribution is 7.95. The Labute approximate surface area is 131 Å². The van der Waals surface area contributed by atoms with Crippen molar-refractivity contribution in [2.45, 2.75) is 4.90 Å². The van der Waals surface area contributed by atoms with Crippen LogP contribution in [0.2, 0.25) is 5.02 Å². The highest BCUT2D eigenvalue weighted by atomic mass is 35.5. The fourth-order valence-electron chi connectivity index (χ4n) is 1.60. The molecule has 0 radical (unpaired) electrons. The van der Waals surface area contributed by atoms with Gasteiger partial charge in [-0.1, -0.05) is 35.1 Å². The van der Waals surface area contributed by atoms with Crippen molar-refractivity contribution in [3.8, 4) is 11.1 Å². The summed E-state index contributed by atoms with van der Waals surface area (Å²) in [6, 6.07) is 11.1. The van der Waals surface area contributed by atoms with Gasteiger partial charge in [0.15, 0.2) is 9.97 Å². The minimum atomic E-state index is -3.94. The second kappa shape index (κ2) is 6.31. The summed E-state index contributed by atoms with van der Waals surface area (Å²) in [5.74, 6) is 0. The Morgan fingerprint density at radius 2 is 2.05 bits per heavy atom. The lowest BCUT2D eigenvalue weighted by Gasteiger charge is -2.04. The van der Waals surface area contributed by atoms with Crippen LogP contribution in [0.25, 0.3) is 6.08 Å². The number of allylic oxidation sites excluding steroid dienone is 1. The first-order valence-electron chi connectivity index (χ1n) is 5.74. The molecule has 4 nitrogen and oxygen atoms in total. The largest absolute Gasteiger partial charge is 0.487 e. The maximum absolute atomic E-state index is 12.5. The van der Waals surface area contributed by atoms with E-state index in [9.17, 15) is 13.7 Å². The molecule has 0 spiro atoms. The van der Waals surface area contributed by atoms with Crippen molar-refractivity contribution in [1.82, 2.24) is 0 Å². The Hall–Kier alpha value is -1.81. The number of benzene rings is 1. The summed E-state index contributed by atoms with van der Waals surface area (Å²) >= 11 is 7.15. The quantitative estimate of drug-likeness (QED) is 0.795. The third-order valence-electron chi connectivity index (χ3n) is 2.60. The molecular weight excluding hydrogens is 330 g/mol. The van der Waals surface area contributed by atoms with Crippen molar-refractivity contribution in [3.05, 3.63) is 51.2 Å². The van der Waals surface area contributed by atoms with Gasteiger partial charge < -0.3 is 4.74 Å². The lowest BCUT2D eigenvalue weighted by molar-refractivity contribution is 0.427. The third-order valence-corrected chi connectivity index (χ3v) is 5.76. The Balaban J connectivity index is 2.51. The number of rotatable bonds is 4. The Morgan fingerprint density at radius 1 is 1.33 bits per heavy atom. The molecule has 2 rings (SSSR count). The molecule has 0 aliphatic heterocycles. The predicted octanol–water partition coefficient (Wildman–Crippen LogP) is 3.75. The van der Waals surface area contributed by atoms with Crippen LogP contribution in [0.3, 0.4) is 0 Å². The molecular formula is C14H10ClNO3S2. The van der Waals surface area contributed by atoms with E-state index in [1.165, 1.54) is 36.7 Å². The van der Waals surface area contributed by atoms with E-state index in [0.717, 1.165) is 0 Å². The minimum Gasteiger partial charge on any atom is -0.487 e. The first kappa shape index (κ1) is 15.6. The Morgan fingerprint density at radius 3 is 2.62 bits per heavy atom. The highest BCUT2D eigenvalue weighted by Crippen LogP contribution is 2.30. The van der Waals surface area contributed by atoms with Gasteiger partial charge in [0.1, 0.15) is 6.07 Å². The first-order chi connectivity index (χ1) is 9.98. The maximum atomic E-state index is 12.5. The first-order valence-corrected chi connectivity index (χ1v) is 8.42. The van der Waals surface area contributed by atoms with Crippen LogP contribution in [-0.4, -0.2) is 15.5 Å². The van der Waals surface area contributed by atoms with Crippen LogP contribution in [0.1, 0.15) is 4.88 Å². The smallest absolute Gasteiger partial charge is 0.218 e. The van der Waals surface area contributed by atoms with Crippen molar-refractivity contribution >= 4 is 38.9 Å². The molecule has 1 aromatic heterocycles. The molecule has 1 heterocycles. The van der Waals surface area contributed by atoms with Gasteiger partial charge in [-0.3, -0.25) is 0 Å². The Bertz CT molecular complexity index is 832.